The van der Waals surface area contributed by atoms with Crippen LogP contribution >= 0.6 is 0 Å². The van der Waals surface area contributed by atoms with Gasteiger partial charge in [-0.1, -0.05) is 18.2 Å². The van der Waals surface area contributed by atoms with Crippen molar-refractivity contribution in [2.24, 2.45) is 5.10 Å². The van der Waals surface area contributed by atoms with E-state index in [-0.39, 0.29) is 0 Å². The Bertz CT molecular complexity index is 1000. The minimum Gasteiger partial charge on any atom is -0.460 e. The minimum atomic E-state index is 0.585. The van der Waals surface area contributed by atoms with Crippen molar-refractivity contribution in [2.45, 2.75) is 6.92 Å². The van der Waals surface area contributed by atoms with Crippen molar-refractivity contribution in [1.82, 2.24) is 19.7 Å². The molecule has 0 amide bonds. The van der Waals surface area contributed by atoms with Crippen molar-refractivity contribution in [1.29, 1.82) is 0 Å². The minimum absolute atomic E-state index is 0.585. The number of aryl methyl sites for hydroxylation is 1. The monoisotopic (exact) mass is 318 g/mol. The summed E-state index contributed by atoms with van der Waals surface area (Å²) >= 11 is 0. The van der Waals surface area contributed by atoms with E-state index >= 15 is 0 Å². The normalized spacial score (nSPS) is 11.4. The molecular weight excluding hydrogens is 304 g/mol. The van der Waals surface area contributed by atoms with Gasteiger partial charge < -0.3 is 4.42 Å². The number of hydrogen-bond donors (Lipinski definition) is 1. The Morgan fingerprint density at radius 3 is 2.79 bits per heavy atom. The lowest BCUT2D eigenvalue weighted by Crippen LogP contribution is -1.99. The van der Waals surface area contributed by atoms with Crippen LogP contribution in [0.2, 0.25) is 0 Å². The third kappa shape index (κ3) is 2.63. The van der Waals surface area contributed by atoms with Crippen molar-refractivity contribution < 1.29 is 4.42 Å². The lowest BCUT2D eigenvalue weighted by molar-refractivity contribution is 0.528. The summed E-state index contributed by atoms with van der Waals surface area (Å²) in [6.45, 7) is 1.89. The van der Waals surface area contributed by atoms with Crippen LogP contribution in [-0.4, -0.2) is 26.0 Å². The average Bonchev–Trinajstić information content (AvgIpc) is 3.22. The molecule has 4 rings (SSSR count). The van der Waals surface area contributed by atoms with E-state index in [1.54, 1.807) is 17.1 Å². The van der Waals surface area contributed by atoms with Gasteiger partial charge in [0.05, 0.1) is 23.5 Å². The van der Waals surface area contributed by atoms with E-state index in [9.17, 15) is 0 Å². The number of anilines is 1. The smallest absolute Gasteiger partial charge is 0.168 e. The van der Waals surface area contributed by atoms with E-state index in [0.29, 0.717) is 17.2 Å². The highest BCUT2D eigenvalue weighted by molar-refractivity contribution is 5.87. The highest BCUT2D eigenvalue weighted by Gasteiger charge is 2.10. The van der Waals surface area contributed by atoms with Crippen molar-refractivity contribution in [3.05, 3.63) is 66.5 Å². The average molecular weight is 318 g/mol. The van der Waals surface area contributed by atoms with Gasteiger partial charge in [-0.3, -0.25) is 5.43 Å². The molecule has 0 bridgehead atoms. The zero-order valence-corrected chi connectivity index (χ0v) is 12.9. The van der Waals surface area contributed by atoms with Crippen molar-refractivity contribution in [3.8, 4) is 5.69 Å². The summed E-state index contributed by atoms with van der Waals surface area (Å²) in [5.41, 5.74) is 4.56. The third-order valence-corrected chi connectivity index (χ3v) is 3.49. The molecule has 1 aromatic carbocycles. The standard InChI is InChI=1S/C17H14N6O/c1-12-7-8-14(24-12)9-20-22-16-15-10-21-23(17(15)19-11-18-16)13-5-3-2-4-6-13/h2-11H,1H3,(H,18,19,22). The second-order valence-corrected chi connectivity index (χ2v) is 5.17. The molecule has 24 heavy (non-hydrogen) atoms. The highest BCUT2D eigenvalue weighted by atomic mass is 16.3. The fraction of sp³-hybridized carbons (Fsp3) is 0.0588. The number of nitrogens with one attached hydrogen (secondary N) is 1. The first-order chi connectivity index (χ1) is 11.8. The van der Waals surface area contributed by atoms with Gasteiger partial charge in [-0.15, -0.1) is 0 Å². The first-order valence-electron chi connectivity index (χ1n) is 7.41. The summed E-state index contributed by atoms with van der Waals surface area (Å²) in [6.07, 6.45) is 4.80. The second-order valence-electron chi connectivity index (χ2n) is 5.17. The van der Waals surface area contributed by atoms with E-state index in [0.717, 1.165) is 16.8 Å². The van der Waals surface area contributed by atoms with Crippen LogP contribution in [0.15, 0.2) is 64.5 Å². The van der Waals surface area contributed by atoms with Gasteiger partial charge in [0, 0.05) is 0 Å². The zero-order chi connectivity index (χ0) is 16.4. The molecule has 3 aromatic heterocycles. The van der Waals surface area contributed by atoms with E-state index in [4.69, 9.17) is 4.42 Å². The molecule has 0 saturated heterocycles. The summed E-state index contributed by atoms with van der Waals surface area (Å²) in [6, 6.07) is 13.6. The van der Waals surface area contributed by atoms with Crippen LogP contribution in [0.3, 0.4) is 0 Å². The molecule has 7 heteroatoms. The molecule has 0 unspecified atom stereocenters. The Kier molecular flexibility index (Phi) is 3.51. The van der Waals surface area contributed by atoms with Gasteiger partial charge in [-0.25, -0.2) is 14.6 Å². The molecule has 0 fully saturated rings. The number of nitrogens with zero attached hydrogens (tertiary/aromatic N) is 5. The largest absolute Gasteiger partial charge is 0.460 e. The van der Waals surface area contributed by atoms with E-state index in [1.807, 2.05) is 49.4 Å². The lowest BCUT2D eigenvalue weighted by atomic mass is 10.3. The van der Waals surface area contributed by atoms with Gasteiger partial charge in [-0.05, 0) is 31.2 Å². The molecule has 0 radical (unpaired) electrons. The molecule has 118 valence electrons. The van der Waals surface area contributed by atoms with Gasteiger partial charge in [0.2, 0.25) is 0 Å². The number of para-hydroxylation sites is 1. The van der Waals surface area contributed by atoms with Gasteiger partial charge in [0.15, 0.2) is 11.5 Å². The van der Waals surface area contributed by atoms with Crippen LogP contribution in [0.5, 0.6) is 0 Å². The Morgan fingerprint density at radius 1 is 1.12 bits per heavy atom. The van der Waals surface area contributed by atoms with Crippen LogP contribution in [0.4, 0.5) is 5.82 Å². The van der Waals surface area contributed by atoms with E-state index in [1.165, 1.54) is 6.33 Å². The van der Waals surface area contributed by atoms with Crippen molar-refractivity contribution >= 4 is 23.1 Å². The second kappa shape index (κ2) is 5.96. The van der Waals surface area contributed by atoms with Gasteiger partial charge >= 0.3 is 0 Å². The maximum absolute atomic E-state index is 5.43. The number of rotatable bonds is 4. The van der Waals surface area contributed by atoms with Crippen LogP contribution in [0, 0.1) is 6.92 Å². The van der Waals surface area contributed by atoms with Crippen LogP contribution < -0.4 is 5.43 Å². The number of hydrogen-bond acceptors (Lipinski definition) is 6. The van der Waals surface area contributed by atoms with E-state index < -0.39 is 0 Å². The number of furan rings is 1. The molecule has 0 spiro atoms. The van der Waals surface area contributed by atoms with E-state index in [2.05, 4.69) is 25.6 Å². The maximum Gasteiger partial charge on any atom is 0.168 e. The zero-order valence-electron chi connectivity index (χ0n) is 12.9. The fourth-order valence-electron chi connectivity index (χ4n) is 2.37. The molecular formula is C17H14N6O. The molecule has 1 N–H and O–H groups in total. The number of fused-ring (bicyclic) bond motifs is 1. The maximum atomic E-state index is 5.43. The quantitative estimate of drug-likeness (QED) is 0.462. The predicted octanol–water partition coefficient (Wildman–Crippen LogP) is 3.16. The third-order valence-electron chi connectivity index (χ3n) is 3.49. The summed E-state index contributed by atoms with van der Waals surface area (Å²) in [4.78, 5) is 8.56. The first-order valence-corrected chi connectivity index (χ1v) is 7.41. The number of aromatic nitrogens is 4. The topological polar surface area (TPSA) is 81.1 Å². The molecule has 3 heterocycles. The molecule has 0 atom stereocenters. The molecule has 0 aliphatic rings. The summed E-state index contributed by atoms with van der Waals surface area (Å²) in [5.74, 6) is 2.09. The molecule has 0 saturated carbocycles. The fourth-order valence-corrected chi connectivity index (χ4v) is 2.37. The molecule has 4 aromatic rings. The number of benzene rings is 1. The SMILES string of the molecule is Cc1ccc(C=NNc2ncnc3c2cnn3-c2ccccc2)o1. The van der Waals surface area contributed by atoms with Crippen LogP contribution in [-0.2, 0) is 0 Å². The number of hydrazone groups is 1. The van der Waals surface area contributed by atoms with Crippen LogP contribution in [0.25, 0.3) is 16.7 Å². The lowest BCUT2D eigenvalue weighted by Gasteiger charge is -2.03. The first kappa shape index (κ1) is 14.1. The molecule has 0 aliphatic carbocycles. The molecule has 7 nitrogen and oxygen atoms in total. The van der Waals surface area contributed by atoms with Crippen molar-refractivity contribution in [3.63, 3.8) is 0 Å². The Hall–Kier alpha value is -3.48. The predicted molar refractivity (Wildman–Crippen MR) is 91.3 cm³/mol. The Balaban J connectivity index is 1.65. The van der Waals surface area contributed by atoms with Gasteiger partial charge in [0.25, 0.3) is 0 Å². The van der Waals surface area contributed by atoms with Gasteiger partial charge in [0.1, 0.15) is 17.8 Å². The van der Waals surface area contributed by atoms with Gasteiger partial charge in [-0.2, -0.15) is 10.2 Å². The Morgan fingerprint density at radius 2 is 2.00 bits per heavy atom. The summed E-state index contributed by atoms with van der Waals surface area (Å²) in [7, 11) is 0. The highest BCUT2D eigenvalue weighted by Crippen LogP contribution is 2.21. The summed E-state index contributed by atoms with van der Waals surface area (Å²) in [5, 5.41) is 9.35. The van der Waals surface area contributed by atoms with Crippen molar-refractivity contribution in [2.75, 3.05) is 5.43 Å². The molecule has 0 aliphatic heterocycles. The Labute approximate surface area is 137 Å². The summed E-state index contributed by atoms with van der Waals surface area (Å²) < 4.78 is 7.20. The van der Waals surface area contributed by atoms with Crippen LogP contribution in [0.1, 0.15) is 11.5 Å².